The summed E-state index contributed by atoms with van der Waals surface area (Å²) in [5.74, 6) is -0.797. The van der Waals surface area contributed by atoms with Gasteiger partial charge in [0.25, 0.3) is 11.8 Å². The normalized spacial score (nSPS) is 36.3. The number of hydroxylamine groups is 2. The third-order valence-corrected chi connectivity index (χ3v) is 5.24. The number of rotatable bonds is 2. The van der Waals surface area contributed by atoms with Gasteiger partial charge < -0.3 is 9.64 Å². The van der Waals surface area contributed by atoms with Crippen LogP contribution in [0.2, 0.25) is 0 Å². The molecule has 122 valence electrons. The number of carbonyl (C=O) groups is 2. The number of amides is 2. The van der Waals surface area contributed by atoms with Crippen molar-refractivity contribution >= 4 is 11.8 Å². The Balaban J connectivity index is 1.41. The van der Waals surface area contributed by atoms with E-state index in [-0.39, 0.29) is 23.8 Å². The van der Waals surface area contributed by atoms with E-state index < -0.39 is 11.6 Å². The first kappa shape index (κ1) is 14.4. The summed E-state index contributed by atoms with van der Waals surface area (Å²) >= 11 is 0. The maximum atomic E-state index is 13.9. The number of fused-ring (bicyclic) bond motifs is 1. The van der Waals surface area contributed by atoms with Crippen LogP contribution in [-0.4, -0.2) is 66.4 Å². The van der Waals surface area contributed by atoms with Crippen molar-refractivity contribution in [2.75, 3.05) is 32.8 Å². The van der Waals surface area contributed by atoms with E-state index in [1.54, 1.807) is 4.90 Å². The summed E-state index contributed by atoms with van der Waals surface area (Å²) in [6, 6.07) is 0. The first-order valence-electron chi connectivity index (χ1n) is 8.13. The fourth-order valence-corrected chi connectivity index (χ4v) is 3.70. The maximum absolute atomic E-state index is 13.9. The third-order valence-electron chi connectivity index (χ3n) is 5.24. The molecule has 4 fully saturated rings. The Morgan fingerprint density at radius 1 is 1.18 bits per heavy atom. The van der Waals surface area contributed by atoms with Crippen LogP contribution in [0, 0.1) is 11.8 Å². The van der Waals surface area contributed by atoms with E-state index in [4.69, 9.17) is 9.57 Å². The van der Waals surface area contributed by atoms with Crippen LogP contribution in [0.5, 0.6) is 0 Å². The minimum atomic E-state index is -1.64. The lowest BCUT2D eigenvalue weighted by molar-refractivity contribution is -0.202. The van der Waals surface area contributed by atoms with Gasteiger partial charge in [-0.1, -0.05) is 0 Å². The van der Waals surface area contributed by atoms with Crippen LogP contribution < -0.4 is 0 Å². The van der Waals surface area contributed by atoms with Gasteiger partial charge in [0.2, 0.25) is 0 Å². The summed E-state index contributed by atoms with van der Waals surface area (Å²) in [4.78, 5) is 31.7. The molecule has 0 N–H and O–H groups in total. The van der Waals surface area contributed by atoms with Gasteiger partial charge in [-0.05, 0) is 25.7 Å². The molecule has 1 aliphatic carbocycles. The van der Waals surface area contributed by atoms with E-state index >= 15 is 0 Å². The van der Waals surface area contributed by atoms with Crippen LogP contribution >= 0.6 is 0 Å². The zero-order valence-corrected chi connectivity index (χ0v) is 12.5. The minimum Gasteiger partial charge on any atom is -0.375 e. The molecular formula is C15H21FN2O4. The van der Waals surface area contributed by atoms with Crippen molar-refractivity contribution in [3.05, 3.63) is 0 Å². The van der Waals surface area contributed by atoms with Gasteiger partial charge in [-0.3, -0.25) is 14.4 Å². The number of likely N-dealkylation sites (tertiary alicyclic amines) is 1. The highest BCUT2D eigenvalue weighted by Crippen LogP contribution is 2.44. The van der Waals surface area contributed by atoms with Crippen molar-refractivity contribution in [2.24, 2.45) is 11.8 Å². The average Bonchev–Trinajstić information content (AvgIpc) is 2.98. The van der Waals surface area contributed by atoms with E-state index in [0.29, 0.717) is 45.7 Å². The van der Waals surface area contributed by atoms with Gasteiger partial charge in [0.1, 0.15) is 0 Å². The van der Waals surface area contributed by atoms with Gasteiger partial charge in [0, 0.05) is 25.6 Å². The molecule has 7 heteroatoms. The molecule has 0 bridgehead atoms. The average molecular weight is 312 g/mol. The molecule has 3 aliphatic heterocycles. The van der Waals surface area contributed by atoms with Crippen LogP contribution in [-0.2, 0) is 19.2 Å². The van der Waals surface area contributed by atoms with Crippen molar-refractivity contribution in [3.8, 4) is 0 Å². The Labute approximate surface area is 128 Å². The van der Waals surface area contributed by atoms with Crippen molar-refractivity contribution < 1.29 is 23.6 Å². The molecule has 2 amide bonds. The standard InChI is InChI=1S/C15H21FN2O4/c16-15(3-4-15)14(20)17-7-10-11(9-21-12(10)8-17)13(19)18-5-1-2-6-22-18/h10-12H,1-9H2/t10-,11-,12-/m0/s1. The molecule has 0 spiro atoms. The third kappa shape index (κ3) is 2.31. The molecule has 4 aliphatic rings. The lowest BCUT2D eigenvalue weighted by Gasteiger charge is -2.29. The fourth-order valence-electron chi connectivity index (χ4n) is 3.70. The van der Waals surface area contributed by atoms with Gasteiger partial charge in [-0.25, -0.2) is 9.45 Å². The molecule has 3 heterocycles. The second-order valence-corrected chi connectivity index (χ2v) is 6.80. The summed E-state index contributed by atoms with van der Waals surface area (Å²) in [5, 5.41) is 1.45. The second-order valence-electron chi connectivity index (χ2n) is 6.80. The lowest BCUT2D eigenvalue weighted by atomic mass is 9.92. The lowest BCUT2D eigenvalue weighted by Crippen LogP contribution is -2.43. The molecule has 6 nitrogen and oxygen atoms in total. The number of carbonyl (C=O) groups excluding carboxylic acids is 2. The number of hydrogen-bond donors (Lipinski definition) is 0. The summed E-state index contributed by atoms with van der Waals surface area (Å²) in [7, 11) is 0. The number of halogens is 1. The molecule has 1 saturated carbocycles. The Bertz CT molecular complexity index is 490. The van der Waals surface area contributed by atoms with Crippen molar-refractivity contribution in [3.63, 3.8) is 0 Å². The molecular weight excluding hydrogens is 291 g/mol. The second kappa shape index (κ2) is 5.16. The summed E-state index contributed by atoms with van der Waals surface area (Å²) in [6.07, 6.45) is 2.41. The number of ether oxygens (including phenoxy) is 1. The molecule has 3 saturated heterocycles. The predicted molar refractivity (Wildman–Crippen MR) is 73.3 cm³/mol. The summed E-state index contributed by atoms with van der Waals surface area (Å²) in [5.41, 5.74) is -1.64. The molecule has 0 unspecified atom stereocenters. The van der Waals surface area contributed by atoms with Crippen LogP contribution in [0.15, 0.2) is 0 Å². The molecule has 3 atom stereocenters. The van der Waals surface area contributed by atoms with Crippen LogP contribution in [0.25, 0.3) is 0 Å². The first-order valence-corrected chi connectivity index (χ1v) is 8.13. The van der Waals surface area contributed by atoms with Crippen molar-refractivity contribution in [2.45, 2.75) is 37.5 Å². The quantitative estimate of drug-likeness (QED) is 0.746. The van der Waals surface area contributed by atoms with E-state index in [2.05, 4.69) is 0 Å². The number of nitrogens with zero attached hydrogens (tertiary/aromatic N) is 2. The Morgan fingerprint density at radius 3 is 2.68 bits per heavy atom. The molecule has 0 radical (unpaired) electrons. The number of alkyl halides is 1. The zero-order valence-electron chi connectivity index (χ0n) is 12.5. The van der Waals surface area contributed by atoms with Crippen LogP contribution in [0.1, 0.15) is 25.7 Å². The first-order chi connectivity index (χ1) is 10.6. The van der Waals surface area contributed by atoms with Crippen molar-refractivity contribution in [1.29, 1.82) is 0 Å². The smallest absolute Gasteiger partial charge is 0.260 e. The highest BCUT2D eigenvalue weighted by Gasteiger charge is 2.57. The largest absolute Gasteiger partial charge is 0.375 e. The Hall–Kier alpha value is -1.21. The fraction of sp³-hybridized carbons (Fsp3) is 0.867. The summed E-state index contributed by atoms with van der Waals surface area (Å²) in [6.45, 7) is 2.38. The van der Waals surface area contributed by atoms with Gasteiger partial charge in [-0.2, -0.15) is 0 Å². The van der Waals surface area contributed by atoms with Gasteiger partial charge >= 0.3 is 0 Å². The van der Waals surface area contributed by atoms with E-state index in [1.807, 2.05) is 0 Å². The van der Waals surface area contributed by atoms with E-state index in [0.717, 1.165) is 12.8 Å². The Kier molecular flexibility index (Phi) is 3.38. The minimum absolute atomic E-state index is 0.0377. The highest BCUT2D eigenvalue weighted by atomic mass is 19.1. The molecule has 22 heavy (non-hydrogen) atoms. The molecule has 0 aromatic heterocycles. The monoisotopic (exact) mass is 312 g/mol. The van der Waals surface area contributed by atoms with Gasteiger partial charge in [0.05, 0.1) is 25.2 Å². The maximum Gasteiger partial charge on any atom is 0.260 e. The van der Waals surface area contributed by atoms with Gasteiger partial charge in [-0.15, -0.1) is 0 Å². The van der Waals surface area contributed by atoms with Crippen LogP contribution in [0.4, 0.5) is 4.39 Å². The predicted octanol–water partition coefficient (Wildman–Crippen LogP) is 0.516. The van der Waals surface area contributed by atoms with Crippen LogP contribution in [0.3, 0.4) is 0 Å². The van der Waals surface area contributed by atoms with E-state index in [9.17, 15) is 14.0 Å². The highest BCUT2D eigenvalue weighted by molar-refractivity contribution is 5.88. The number of hydrogen-bond acceptors (Lipinski definition) is 4. The SMILES string of the molecule is O=C([C@H]1CO[C@H]2CN(C(=O)C3(F)CC3)C[C@H]21)N1CCCCO1. The summed E-state index contributed by atoms with van der Waals surface area (Å²) < 4.78 is 19.6. The molecule has 0 aromatic rings. The van der Waals surface area contributed by atoms with E-state index in [1.165, 1.54) is 5.06 Å². The molecule has 0 aromatic carbocycles. The molecule has 4 rings (SSSR count). The topological polar surface area (TPSA) is 59.1 Å². The van der Waals surface area contributed by atoms with Crippen molar-refractivity contribution in [1.82, 2.24) is 9.96 Å². The Morgan fingerprint density at radius 2 is 2.00 bits per heavy atom. The van der Waals surface area contributed by atoms with Gasteiger partial charge in [0.15, 0.2) is 5.67 Å². The zero-order chi connectivity index (χ0) is 15.3.